The molecule has 0 radical (unpaired) electrons. The Kier molecular flexibility index (Phi) is 6.10. The molecule has 1 aromatic rings. The third-order valence-electron chi connectivity index (χ3n) is 2.48. The Labute approximate surface area is 102 Å². The van der Waals surface area contributed by atoms with E-state index in [-0.39, 0.29) is 12.7 Å². The van der Waals surface area contributed by atoms with Gasteiger partial charge in [0.15, 0.2) is 0 Å². The highest BCUT2D eigenvalue weighted by molar-refractivity contribution is 5.67. The van der Waals surface area contributed by atoms with Crippen LogP contribution >= 0.6 is 0 Å². The smallest absolute Gasteiger partial charge is 0.407 e. The quantitative estimate of drug-likeness (QED) is 0.826. The number of alkyl carbamates (subject to hydrolysis) is 1. The van der Waals surface area contributed by atoms with E-state index >= 15 is 0 Å². The maximum absolute atomic E-state index is 11.4. The van der Waals surface area contributed by atoms with Crippen LogP contribution in [0.4, 0.5) is 4.79 Å². The number of rotatable bonds is 6. The van der Waals surface area contributed by atoms with Crippen molar-refractivity contribution >= 4 is 6.09 Å². The first-order valence-corrected chi connectivity index (χ1v) is 5.73. The van der Waals surface area contributed by atoms with E-state index in [2.05, 4.69) is 5.32 Å². The van der Waals surface area contributed by atoms with E-state index in [9.17, 15) is 4.79 Å². The minimum absolute atomic E-state index is 0.0410. The van der Waals surface area contributed by atoms with E-state index in [0.29, 0.717) is 6.54 Å². The number of hydrogen-bond donors (Lipinski definition) is 1. The van der Waals surface area contributed by atoms with Crippen LogP contribution in [0.1, 0.15) is 18.9 Å². The second-order valence-corrected chi connectivity index (χ2v) is 3.71. The molecule has 1 N–H and O–H groups in total. The standard InChI is InChI=1S/C13H19NO3/c1-3-12(16-2)9-14-13(15)17-10-11-7-5-4-6-8-11/h4-8,12H,3,9-10H2,1-2H3,(H,14,15). The topological polar surface area (TPSA) is 47.6 Å². The highest BCUT2D eigenvalue weighted by atomic mass is 16.5. The van der Waals surface area contributed by atoms with Crippen LogP contribution in [0.2, 0.25) is 0 Å². The van der Waals surface area contributed by atoms with Gasteiger partial charge in [0.2, 0.25) is 0 Å². The molecule has 0 spiro atoms. The first-order chi connectivity index (χ1) is 8.26. The molecule has 0 fully saturated rings. The number of carbonyl (C=O) groups excluding carboxylic acids is 1. The van der Waals surface area contributed by atoms with E-state index < -0.39 is 6.09 Å². The molecule has 0 aliphatic heterocycles. The molecule has 94 valence electrons. The van der Waals surface area contributed by atoms with Crippen LogP contribution < -0.4 is 5.32 Å². The zero-order valence-corrected chi connectivity index (χ0v) is 10.3. The van der Waals surface area contributed by atoms with Gasteiger partial charge < -0.3 is 14.8 Å². The minimum Gasteiger partial charge on any atom is -0.445 e. The van der Waals surface area contributed by atoms with Crippen LogP contribution in [-0.2, 0) is 16.1 Å². The fourth-order valence-corrected chi connectivity index (χ4v) is 1.37. The number of nitrogens with one attached hydrogen (secondary N) is 1. The number of hydrogen-bond acceptors (Lipinski definition) is 3. The van der Waals surface area contributed by atoms with E-state index in [1.54, 1.807) is 7.11 Å². The van der Waals surface area contributed by atoms with Gasteiger partial charge in [0.25, 0.3) is 0 Å². The average molecular weight is 237 g/mol. The number of ether oxygens (including phenoxy) is 2. The summed E-state index contributed by atoms with van der Waals surface area (Å²) in [6.07, 6.45) is 0.485. The normalized spacial score (nSPS) is 11.9. The Hall–Kier alpha value is -1.55. The lowest BCUT2D eigenvalue weighted by molar-refractivity contribution is 0.0905. The summed E-state index contributed by atoms with van der Waals surface area (Å²) < 4.78 is 10.2. The highest BCUT2D eigenvalue weighted by Gasteiger charge is 2.07. The molecule has 0 saturated carbocycles. The predicted octanol–water partition coefficient (Wildman–Crippen LogP) is 2.34. The maximum atomic E-state index is 11.4. The molecular weight excluding hydrogens is 218 g/mol. The van der Waals surface area contributed by atoms with Gasteiger partial charge in [-0.3, -0.25) is 0 Å². The maximum Gasteiger partial charge on any atom is 0.407 e. The molecule has 1 aromatic carbocycles. The molecule has 1 amide bonds. The summed E-state index contributed by atoms with van der Waals surface area (Å²) in [6.45, 7) is 2.77. The van der Waals surface area contributed by atoms with Crippen LogP contribution in [0.15, 0.2) is 30.3 Å². The monoisotopic (exact) mass is 237 g/mol. The van der Waals surface area contributed by atoms with E-state index in [0.717, 1.165) is 12.0 Å². The molecule has 0 saturated heterocycles. The Balaban J connectivity index is 2.22. The van der Waals surface area contributed by atoms with Crippen LogP contribution in [0.25, 0.3) is 0 Å². The minimum atomic E-state index is -0.413. The SMILES string of the molecule is CCC(CNC(=O)OCc1ccccc1)OC. The fraction of sp³-hybridized carbons (Fsp3) is 0.462. The third-order valence-corrected chi connectivity index (χ3v) is 2.48. The van der Waals surface area contributed by atoms with Gasteiger partial charge in [0.1, 0.15) is 6.61 Å². The second-order valence-electron chi connectivity index (χ2n) is 3.71. The third kappa shape index (κ3) is 5.36. The summed E-state index contributed by atoms with van der Waals surface area (Å²) in [5, 5.41) is 2.67. The molecule has 4 heteroatoms. The summed E-state index contributed by atoms with van der Waals surface area (Å²) in [5.41, 5.74) is 0.974. The predicted molar refractivity (Wildman–Crippen MR) is 65.7 cm³/mol. The van der Waals surface area contributed by atoms with Crippen molar-refractivity contribution in [3.8, 4) is 0 Å². The molecule has 0 aliphatic carbocycles. The van der Waals surface area contributed by atoms with Crippen LogP contribution in [0.3, 0.4) is 0 Å². The van der Waals surface area contributed by atoms with Crippen LogP contribution in [0, 0.1) is 0 Å². The largest absolute Gasteiger partial charge is 0.445 e. The lowest BCUT2D eigenvalue weighted by Gasteiger charge is -2.13. The summed E-state index contributed by atoms with van der Waals surface area (Å²) >= 11 is 0. The highest BCUT2D eigenvalue weighted by Crippen LogP contribution is 2.00. The first-order valence-electron chi connectivity index (χ1n) is 5.73. The van der Waals surface area contributed by atoms with Crippen molar-refractivity contribution in [2.24, 2.45) is 0 Å². The molecule has 1 atom stereocenters. The van der Waals surface area contributed by atoms with Gasteiger partial charge in [-0.1, -0.05) is 37.3 Å². The van der Waals surface area contributed by atoms with Gasteiger partial charge in [-0.15, -0.1) is 0 Å². The fourth-order valence-electron chi connectivity index (χ4n) is 1.37. The van der Waals surface area contributed by atoms with Crippen LogP contribution in [-0.4, -0.2) is 25.9 Å². The number of amides is 1. The van der Waals surface area contributed by atoms with Gasteiger partial charge in [0.05, 0.1) is 6.10 Å². The molecular formula is C13H19NO3. The van der Waals surface area contributed by atoms with Crippen molar-refractivity contribution < 1.29 is 14.3 Å². The van der Waals surface area contributed by atoms with Crippen molar-refractivity contribution in [3.05, 3.63) is 35.9 Å². The molecule has 0 aromatic heterocycles. The second kappa shape index (κ2) is 7.68. The van der Waals surface area contributed by atoms with Gasteiger partial charge >= 0.3 is 6.09 Å². The zero-order valence-electron chi connectivity index (χ0n) is 10.3. The molecule has 4 nitrogen and oxygen atoms in total. The Morgan fingerprint density at radius 3 is 2.65 bits per heavy atom. The van der Waals surface area contributed by atoms with Crippen molar-refractivity contribution in [2.45, 2.75) is 26.1 Å². The summed E-state index contributed by atoms with van der Waals surface area (Å²) in [4.78, 5) is 11.4. The zero-order chi connectivity index (χ0) is 12.5. The van der Waals surface area contributed by atoms with Crippen molar-refractivity contribution in [2.75, 3.05) is 13.7 Å². The van der Waals surface area contributed by atoms with Gasteiger partial charge in [0, 0.05) is 13.7 Å². The van der Waals surface area contributed by atoms with Gasteiger partial charge in [-0.2, -0.15) is 0 Å². The van der Waals surface area contributed by atoms with E-state index in [1.807, 2.05) is 37.3 Å². The van der Waals surface area contributed by atoms with Gasteiger partial charge in [-0.05, 0) is 12.0 Å². The Bertz CT molecular complexity index is 323. The lowest BCUT2D eigenvalue weighted by atomic mass is 10.2. The summed E-state index contributed by atoms with van der Waals surface area (Å²) in [5.74, 6) is 0. The van der Waals surface area contributed by atoms with E-state index in [1.165, 1.54) is 0 Å². The number of carbonyl (C=O) groups is 1. The molecule has 1 unspecified atom stereocenters. The van der Waals surface area contributed by atoms with Crippen LogP contribution in [0.5, 0.6) is 0 Å². The summed E-state index contributed by atoms with van der Waals surface area (Å²) in [7, 11) is 1.63. The Morgan fingerprint density at radius 2 is 2.06 bits per heavy atom. The van der Waals surface area contributed by atoms with Gasteiger partial charge in [-0.25, -0.2) is 4.79 Å². The molecule has 0 bridgehead atoms. The average Bonchev–Trinajstić information content (AvgIpc) is 2.39. The molecule has 0 aliphatic rings. The number of benzene rings is 1. The van der Waals surface area contributed by atoms with Crippen molar-refractivity contribution in [1.82, 2.24) is 5.32 Å². The summed E-state index contributed by atoms with van der Waals surface area (Å²) in [6, 6.07) is 9.58. The van der Waals surface area contributed by atoms with Crippen molar-refractivity contribution in [1.29, 1.82) is 0 Å². The van der Waals surface area contributed by atoms with E-state index in [4.69, 9.17) is 9.47 Å². The first kappa shape index (κ1) is 13.5. The molecule has 1 rings (SSSR count). The number of methoxy groups -OCH3 is 1. The lowest BCUT2D eigenvalue weighted by Crippen LogP contribution is -2.33. The molecule has 0 heterocycles. The van der Waals surface area contributed by atoms with Crippen molar-refractivity contribution in [3.63, 3.8) is 0 Å². The Morgan fingerprint density at radius 1 is 1.35 bits per heavy atom. The molecule has 17 heavy (non-hydrogen) atoms.